The van der Waals surface area contributed by atoms with E-state index in [0.29, 0.717) is 24.2 Å². The van der Waals surface area contributed by atoms with Crippen molar-refractivity contribution < 1.29 is 14.3 Å². The number of hydrogen-bond acceptors (Lipinski definition) is 5. The lowest BCUT2D eigenvalue weighted by atomic mass is 9.93. The van der Waals surface area contributed by atoms with E-state index in [1.165, 1.54) is 12.1 Å². The molecule has 0 spiro atoms. The van der Waals surface area contributed by atoms with E-state index < -0.39 is 17.5 Å². The number of aromatic hydroxyl groups is 1. The maximum atomic E-state index is 13.9. The van der Waals surface area contributed by atoms with Crippen molar-refractivity contribution in [2.45, 2.75) is 20.8 Å². The first-order valence-electron chi connectivity index (χ1n) is 8.67. The molecule has 3 rings (SSSR count). The Morgan fingerprint density at radius 1 is 1.43 bits per heavy atom. The van der Waals surface area contributed by atoms with Crippen LogP contribution in [0.4, 0.5) is 10.2 Å². The van der Waals surface area contributed by atoms with Crippen molar-refractivity contribution in [1.29, 1.82) is 0 Å². The third-order valence-electron chi connectivity index (χ3n) is 4.47. The van der Waals surface area contributed by atoms with Gasteiger partial charge in [0.25, 0.3) is 11.7 Å². The van der Waals surface area contributed by atoms with Crippen LogP contribution in [0.5, 0.6) is 5.75 Å². The molecule has 2 heterocycles. The van der Waals surface area contributed by atoms with Crippen molar-refractivity contribution in [3.8, 4) is 16.9 Å². The van der Waals surface area contributed by atoms with E-state index in [2.05, 4.69) is 25.5 Å². The van der Waals surface area contributed by atoms with Crippen LogP contribution in [-0.4, -0.2) is 35.0 Å². The number of nitrogens with zero attached hydrogens (tertiary/aromatic N) is 3. The smallest absolute Gasteiger partial charge is 0.278 e. The summed E-state index contributed by atoms with van der Waals surface area (Å²) in [6.45, 7) is 14.3. The van der Waals surface area contributed by atoms with Crippen LogP contribution in [0.25, 0.3) is 16.0 Å². The lowest BCUT2D eigenvalue weighted by Crippen LogP contribution is -2.49. The van der Waals surface area contributed by atoms with Crippen molar-refractivity contribution in [2.24, 2.45) is 10.4 Å². The fourth-order valence-electron chi connectivity index (χ4n) is 2.91. The second-order valence-corrected chi connectivity index (χ2v) is 7.42. The zero-order valence-electron chi connectivity index (χ0n) is 15.8. The lowest BCUT2D eigenvalue weighted by Gasteiger charge is -2.29. The van der Waals surface area contributed by atoms with E-state index in [4.69, 9.17) is 6.57 Å². The normalized spacial score (nSPS) is 15.2. The predicted octanol–water partition coefficient (Wildman–Crippen LogP) is 3.17. The zero-order chi connectivity index (χ0) is 20.5. The lowest BCUT2D eigenvalue weighted by molar-refractivity contribution is 0.0972. The first-order chi connectivity index (χ1) is 13.2. The van der Waals surface area contributed by atoms with Gasteiger partial charge in [0, 0.05) is 24.1 Å². The number of pyridine rings is 1. The number of aromatic nitrogens is 1. The molecule has 1 aliphatic heterocycles. The van der Waals surface area contributed by atoms with Crippen molar-refractivity contribution >= 4 is 17.7 Å². The van der Waals surface area contributed by atoms with Gasteiger partial charge in [0.1, 0.15) is 5.82 Å². The number of halogens is 1. The maximum absolute atomic E-state index is 13.9. The summed E-state index contributed by atoms with van der Waals surface area (Å²) in [6, 6.07) is 4.05. The average Bonchev–Trinajstić information content (AvgIpc) is 2.65. The van der Waals surface area contributed by atoms with Gasteiger partial charge in [-0.2, -0.15) is 0 Å². The maximum Gasteiger partial charge on any atom is 0.278 e. The second kappa shape index (κ2) is 7.27. The van der Waals surface area contributed by atoms with Crippen molar-refractivity contribution in [2.75, 3.05) is 13.1 Å². The molecule has 1 aromatic heterocycles. The summed E-state index contributed by atoms with van der Waals surface area (Å²) >= 11 is 0. The van der Waals surface area contributed by atoms with Crippen LogP contribution < -0.4 is 10.6 Å². The van der Waals surface area contributed by atoms with Crippen LogP contribution in [0.2, 0.25) is 0 Å². The largest absolute Gasteiger partial charge is 0.504 e. The summed E-state index contributed by atoms with van der Waals surface area (Å²) in [7, 11) is 0. The van der Waals surface area contributed by atoms with Gasteiger partial charge in [-0.05, 0) is 30.2 Å². The molecule has 3 N–H and O–H groups in total. The minimum absolute atomic E-state index is 0.0336. The van der Waals surface area contributed by atoms with Crippen LogP contribution in [0.15, 0.2) is 29.4 Å². The Bertz CT molecular complexity index is 1020. The highest BCUT2D eigenvalue weighted by molar-refractivity contribution is 6.12. The number of hydrogen-bond donors (Lipinski definition) is 3. The van der Waals surface area contributed by atoms with E-state index in [1.54, 1.807) is 13.0 Å². The molecule has 0 saturated heterocycles. The molecule has 2 aromatic rings. The fourth-order valence-corrected chi connectivity index (χ4v) is 2.91. The molecule has 1 aliphatic rings. The molecule has 1 amide bonds. The highest BCUT2D eigenvalue weighted by atomic mass is 19.1. The van der Waals surface area contributed by atoms with Crippen molar-refractivity contribution in [3.63, 3.8) is 0 Å². The highest BCUT2D eigenvalue weighted by Gasteiger charge is 2.27. The SMILES string of the molecule is [C-]#[N+]c1ncc(O)c(C(=O)NC2=NCC(C)(C)CN2)c1-c1cc(F)ccc1C. The molecule has 1 aromatic carbocycles. The molecule has 0 aliphatic carbocycles. The van der Waals surface area contributed by atoms with Crippen LogP contribution >= 0.6 is 0 Å². The Kier molecular flexibility index (Phi) is 5.01. The van der Waals surface area contributed by atoms with E-state index in [1.807, 2.05) is 13.8 Å². The van der Waals surface area contributed by atoms with Crippen LogP contribution in [0, 0.1) is 24.7 Å². The minimum Gasteiger partial charge on any atom is -0.504 e. The molecular weight excluding hydrogens is 361 g/mol. The summed E-state index contributed by atoms with van der Waals surface area (Å²) in [5.41, 5.74) is 0.862. The number of carbonyl (C=O) groups excluding carboxylic acids is 1. The quantitative estimate of drug-likeness (QED) is 0.697. The summed E-state index contributed by atoms with van der Waals surface area (Å²) in [5.74, 6) is -1.40. The number of aryl methyl sites for hydroxylation is 1. The number of nitrogens with one attached hydrogen (secondary N) is 2. The molecule has 28 heavy (non-hydrogen) atoms. The van der Waals surface area contributed by atoms with Crippen LogP contribution in [0.3, 0.4) is 0 Å². The summed E-state index contributed by atoms with van der Waals surface area (Å²) in [5, 5.41) is 16.0. The topological polar surface area (TPSA) is 91.0 Å². The standard InChI is InChI=1S/C20H20FN5O2/c1-11-5-6-12(21)7-13(11)15-16(14(27)8-23-17(15)22-4)18(28)26-19-24-9-20(2,3)10-25-19/h5-8,27H,9-10H2,1-3H3,(H2,24,25,26,28). The van der Waals surface area contributed by atoms with Gasteiger partial charge in [-0.1, -0.05) is 26.5 Å². The number of aliphatic imine (C=N–C) groups is 1. The number of carbonyl (C=O) groups is 1. The van der Waals surface area contributed by atoms with Gasteiger partial charge in [-0.15, -0.1) is 4.98 Å². The van der Waals surface area contributed by atoms with Gasteiger partial charge in [0.05, 0.1) is 5.56 Å². The molecule has 0 fully saturated rings. The van der Waals surface area contributed by atoms with Gasteiger partial charge in [0.2, 0.25) is 0 Å². The van der Waals surface area contributed by atoms with E-state index in [-0.39, 0.29) is 28.3 Å². The minimum atomic E-state index is -0.658. The summed E-state index contributed by atoms with van der Waals surface area (Å²) in [4.78, 5) is 24.5. The number of rotatable bonds is 2. The third-order valence-corrected chi connectivity index (χ3v) is 4.47. The molecule has 8 heteroatoms. The van der Waals surface area contributed by atoms with Crippen LogP contribution in [0.1, 0.15) is 29.8 Å². The predicted molar refractivity (Wildman–Crippen MR) is 104 cm³/mol. The van der Waals surface area contributed by atoms with Crippen molar-refractivity contribution in [3.05, 3.63) is 52.8 Å². The summed E-state index contributed by atoms with van der Waals surface area (Å²) in [6.07, 6.45) is 1.04. The van der Waals surface area contributed by atoms with Gasteiger partial charge >= 0.3 is 0 Å². The monoisotopic (exact) mass is 381 g/mol. The van der Waals surface area contributed by atoms with Crippen molar-refractivity contribution in [1.82, 2.24) is 15.6 Å². The molecule has 144 valence electrons. The van der Waals surface area contributed by atoms with Gasteiger partial charge in [-0.3, -0.25) is 15.1 Å². The van der Waals surface area contributed by atoms with Gasteiger partial charge in [0.15, 0.2) is 17.9 Å². The molecule has 0 atom stereocenters. The first-order valence-corrected chi connectivity index (χ1v) is 8.67. The number of amides is 1. The van der Waals surface area contributed by atoms with Gasteiger partial charge in [-0.25, -0.2) is 4.39 Å². The third kappa shape index (κ3) is 3.78. The molecule has 0 saturated carbocycles. The van der Waals surface area contributed by atoms with Crippen LogP contribution in [-0.2, 0) is 0 Å². The Morgan fingerprint density at radius 3 is 2.82 bits per heavy atom. The molecule has 0 bridgehead atoms. The zero-order valence-corrected chi connectivity index (χ0v) is 15.8. The number of guanidine groups is 1. The highest BCUT2D eigenvalue weighted by Crippen LogP contribution is 2.38. The summed E-state index contributed by atoms with van der Waals surface area (Å²) < 4.78 is 13.9. The molecule has 7 nitrogen and oxygen atoms in total. The Hall–Kier alpha value is -3.47. The van der Waals surface area contributed by atoms with E-state index >= 15 is 0 Å². The fraction of sp³-hybridized carbons (Fsp3) is 0.300. The Morgan fingerprint density at radius 2 is 2.18 bits per heavy atom. The molecule has 0 radical (unpaired) electrons. The van der Waals surface area contributed by atoms with E-state index in [0.717, 1.165) is 6.20 Å². The van der Waals surface area contributed by atoms with E-state index in [9.17, 15) is 14.3 Å². The van der Waals surface area contributed by atoms with Gasteiger partial charge < -0.3 is 15.3 Å². The molecular formula is C20H20FN5O2. The number of benzene rings is 1. The molecule has 0 unspecified atom stereocenters. The Labute approximate surface area is 162 Å². The second-order valence-electron chi connectivity index (χ2n) is 7.42. The first kappa shape index (κ1) is 19.3. The Balaban J connectivity index is 2.08. The average molecular weight is 381 g/mol.